The van der Waals surface area contributed by atoms with E-state index in [1.165, 1.54) is 23.9 Å². The molecule has 0 N–H and O–H groups in total. The quantitative estimate of drug-likeness (QED) is 0.438. The number of anilines is 1. The van der Waals surface area contributed by atoms with Crippen molar-refractivity contribution in [3.63, 3.8) is 0 Å². The SMILES string of the molecule is Cc1ccc2c(c1)[C@@]1(SC(C)(C)CN1C(=O)c1cccc(Cl)c1)C(=O)N2Cc1ccc(F)cc1. The lowest BCUT2D eigenvalue weighted by molar-refractivity contribution is -0.123. The predicted molar refractivity (Wildman–Crippen MR) is 135 cm³/mol. The van der Waals surface area contributed by atoms with Crippen LogP contribution in [0.15, 0.2) is 66.7 Å². The van der Waals surface area contributed by atoms with E-state index in [9.17, 15) is 14.0 Å². The summed E-state index contributed by atoms with van der Waals surface area (Å²) in [4.78, 5) is 30.3. The Kier molecular flexibility index (Phi) is 5.49. The van der Waals surface area contributed by atoms with Crippen molar-refractivity contribution in [1.82, 2.24) is 4.90 Å². The number of fused-ring (bicyclic) bond motifs is 2. The number of aryl methyl sites for hydroxylation is 1. The predicted octanol–water partition coefficient (Wildman–Crippen LogP) is 6.15. The fraction of sp³-hybridized carbons (Fsp3) is 0.259. The molecule has 34 heavy (non-hydrogen) atoms. The Morgan fingerprint density at radius 3 is 2.53 bits per heavy atom. The van der Waals surface area contributed by atoms with Crippen molar-refractivity contribution in [1.29, 1.82) is 0 Å². The molecule has 2 heterocycles. The third-order valence-corrected chi connectivity index (χ3v) is 8.08. The van der Waals surface area contributed by atoms with Crippen LogP contribution in [0.3, 0.4) is 0 Å². The van der Waals surface area contributed by atoms with E-state index < -0.39 is 4.87 Å². The average molecular weight is 495 g/mol. The molecule has 4 nitrogen and oxygen atoms in total. The normalized spacial score (nSPS) is 20.8. The Bertz CT molecular complexity index is 1310. The van der Waals surface area contributed by atoms with E-state index in [0.717, 1.165) is 22.4 Å². The van der Waals surface area contributed by atoms with E-state index in [1.807, 2.05) is 25.1 Å². The van der Waals surface area contributed by atoms with Gasteiger partial charge < -0.3 is 9.80 Å². The Hall–Kier alpha value is -2.83. The molecular formula is C27H24ClFN2O2S. The summed E-state index contributed by atoms with van der Waals surface area (Å²) in [7, 11) is 0. The number of nitrogens with zero attached hydrogens (tertiary/aromatic N) is 2. The van der Waals surface area contributed by atoms with Gasteiger partial charge in [0, 0.05) is 27.4 Å². The van der Waals surface area contributed by atoms with E-state index in [0.29, 0.717) is 17.1 Å². The molecule has 2 aliphatic rings. The summed E-state index contributed by atoms with van der Waals surface area (Å²) in [6, 6.07) is 18.9. The molecule has 0 aliphatic carbocycles. The lowest BCUT2D eigenvalue weighted by atomic mass is 10.0. The van der Waals surface area contributed by atoms with Crippen LogP contribution in [0.4, 0.5) is 10.1 Å². The summed E-state index contributed by atoms with van der Waals surface area (Å²) in [6.07, 6.45) is 0. The standard InChI is InChI=1S/C27H24ClFN2O2S/c1-17-7-12-23-22(13-17)27(25(33)30(23)15-18-8-10-21(29)11-9-18)31(16-26(2,3)34-27)24(32)19-5-4-6-20(28)14-19/h4-14H,15-16H2,1-3H3/t27-/m1/s1. The zero-order valence-corrected chi connectivity index (χ0v) is 20.7. The lowest BCUT2D eigenvalue weighted by Crippen LogP contribution is -2.50. The highest BCUT2D eigenvalue weighted by Gasteiger charge is 2.63. The molecule has 174 valence electrons. The van der Waals surface area contributed by atoms with Gasteiger partial charge in [0.1, 0.15) is 5.82 Å². The number of hydrogen-bond acceptors (Lipinski definition) is 3. The van der Waals surface area contributed by atoms with Gasteiger partial charge in [0.25, 0.3) is 11.8 Å². The van der Waals surface area contributed by atoms with E-state index in [4.69, 9.17) is 11.6 Å². The Morgan fingerprint density at radius 1 is 1.09 bits per heavy atom. The summed E-state index contributed by atoms with van der Waals surface area (Å²) in [5.74, 6) is -0.719. The fourth-order valence-corrected chi connectivity index (χ4v) is 6.74. The van der Waals surface area contributed by atoms with Gasteiger partial charge in [-0.3, -0.25) is 9.59 Å². The van der Waals surface area contributed by atoms with Crippen LogP contribution in [0.25, 0.3) is 0 Å². The first-order chi connectivity index (χ1) is 16.1. The second kappa shape index (κ2) is 8.14. The first kappa shape index (κ1) is 22.9. The molecule has 0 unspecified atom stereocenters. The molecule has 2 aliphatic heterocycles. The highest BCUT2D eigenvalue weighted by molar-refractivity contribution is 8.02. The topological polar surface area (TPSA) is 40.6 Å². The summed E-state index contributed by atoms with van der Waals surface area (Å²) in [5, 5.41) is 0.470. The minimum absolute atomic E-state index is 0.164. The highest BCUT2D eigenvalue weighted by Crippen LogP contribution is 2.60. The molecule has 1 spiro atoms. The molecular weight excluding hydrogens is 471 g/mol. The summed E-state index contributed by atoms with van der Waals surface area (Å²) in [5.41, 5.74) is 3.85. The summed E-state index contributed by atoms with van der Waals surface area (Å²) < 4.78 is 13.1. The van der Waals surface area contributed by atoms with Crippen molar-refractivity contribution in [2.24, 2.45) is 0 Å². The monoisotopic (exact) mass is 494 g/mol. The molecule has 3 aromatic rings. The molecule has 0 radical (unpaired) electrons. The minimum atomic E-state index is -1.19. The number of carbonyl (C=O) groups is 2. The zero-order valence-electron chi connectivity index (χ0n) is 19.1. The molecule has 7 heteroatoms. The van der Waals surface area contributed by atoms with Crippen molar-refractivity contribution in [3.8, 4) is 0 Å². The van der Waals surface area contributed by atoms with Gasteiger partial charge in [0.15, 0.2) is 4.87 Å². The smallest absolute Gasteiger partial charge is 0.268 e. The van der Waals surface area contributed by atoms with Gasteiger partial charge in [-0.05, 0) is 62.7 Å². The van der Waals surface area contributed by atoms with Gasteiger partial charge in [-0.2, -0.15) is 0 Å². The van der Waals surface area contributed by atoms with Crippen LogP contribution < -0.4 is 4.90 Å². The number of rotatable bonds is 3. The maximum atomic E-state index is 14.3. The molecule has 0 saturated carbocycles. The largest absolute Gasteiger partial charge is 0.310 e. The number of hydrogen-bond donors (Lipinski definition) is 0. The molecule has 1 fully saturated rings. The maximum Gasteiger partial charge on any atom is 0.268 e. The van der Waals surface area contributed by atoms with Crippen molar-refractivity contribution in [2.45, 2.75) is 36.9 Å². The second-order valence-corrected chi connectivity index (χ2v) is 11.8. The first-order valence-electron chi connectivity index (χ1n) is 11.1. The van der Waals surface area contributed by atoms with E-state index in [1.54, 1.807) is 46.2 Å². The van der Waals surface area contributed by atoms with Gasteiger partial charge >= 0.3 is 0 Å². The zero-order chi connectivity index (χ0) is 24.3. The van der Waals surface area contributed by atoms with Crippen LogP contribution >= 0.6 is 23.4 Å². The van der Waals surface area contributed by atoms with Crippen LogP contribution in [0.5, 0.6) is 0 Å². The third-order valence-electron chi connectivity index (χ3n) is 6.26. The van der Waals surface area contributed by atoms with Crippen molar-refractivity contribution in [3.05, 3.63) is 99.8 Å². The van der Waals surface area contributed by atoms with Gasteiger partial charge in [-0.1, -0.05) is 47.5 Å². The lowest BCUT2D eigenvalue weighted by Gasteiger charge is -2.33. The van der Waals surface area contributed by atoms with Crippen LogP contribution in [0.2, 0.25) is 5.02 Å². The number of thioether (sulfide) groups is 1. The number of carbonyl (C=O) groups excluding carboxylic acids is 2. The van der Waals surface area contributed by atoms with Crippen LogP contribution in [-0.2, 0) is 16.2 Å². The minimum Gasteiger partial charge on any atom is -0.310 e. The van der Waals surface area contributed by atoms with E-state index in [2.05, 4.69) is 13.8 Å². The summed E-state index contributed by atoms with van der Waals surface area (Å²) >= 11 is 7.69. The molecule has 1 atom stereocenters. The number of halogens is 2. The van der Waals surface area contributed by atoms with E-state index in [-0.39, 0.29) is 28.9 Å². The van der Waals surface area contributed by atoms with E-state index >= 15 is 0 Å². The van der Waals surface area contributed by atoms with Crippen LogP contribution in [0, 0.1) is 12.7 Å². The van der Waals surface area contributed by atoms with Gasteiger partial charge in [-0.15, -0.1) is 11.8 Å². The Labute approximate surface area is 207 Å². The Morgan fingerprint density at radius 2 is 1.82 bits per heavy atom. The maximum absolute atomic E-state index is 14.3. The number of benzene rings is 3. The highest BCUT2D eigenvalue weighted by atomic mass is 35.5. The second-order valence-electron chi connectivity index (χ2n) is 9.45. The average Bonchev–Trinajstić information content (AvgIpc) is 3.20. The van der Waals surface area contributed by atoms with Crippen molar-refractivity contribution >= 4 is 40.9 Å². The first-order valence-corrected chi connectivity index (χ1v) is 12.3. The van der Waals surface area contributed by atoms with Crippen LogP contribution in [-0.4, -0.2) is 28.0 Å². The van der Waals surface area contributed by atoms with Crippen LogP contribution in [0.1, 0.15) is 40.9 Å². The van der Waals surface area contributed by atoms with Gasteiger partial charge in [0.05, 0.1) is 12.2 Å². The summed E-state index contributed by atoms with van der Waals surface area (Å²) in [6.45, 7) is 6.78. The molecule has 0 bridgehead atoms. The molecule has 2 amide bonds. The number of amides is 2. The molecule has 3 aromatic carbocycles. The van der Waals surface area contributed by atoms with Crippen molar-refractivity contribution < 1.29 is 14.0 Å². The third kappa shape index (κ3) is 3.69. The molecule has 1 saturated heterocycles. The van der Waals surface area contributed by atoms with Crippen molar-refractivity contribution in [2.75, 3.05) is 11.4 Å². The van der Waals surface area contributed by atoms with Gasteiger partial charge in [-0.25, -0.2) is 4.39 Å². The molecule has 0 aromatic heterocycles. The fourth-order valence-electron chi connectivity index (χ4n) is 4.82. The molecule has 5 rings (SSSR count). The Balaban J connectivity index is 1.65. The van der Waals surface area contributed by atoms with Gasteiger partial charge in [0.2, 0.25) is 0 Å².